The van der Waals surface area contributed by atoms with Crippen LogP contribution in [0.3, 0.4) is 0 Å². The molecule has 0 fully saturated rings. The van der Waals surface area contributed by atoms with Gasteiger partial charge in [-0.1, -0.05) is 17.7 Å². The van der Waals surface area contributed by atoms with Crippen molar-refractivity contribution >= 4 is 5.91 Å². The summed E-state index contributed by atoms with van der Waals surface area (Å²) in [7, 11) is 0. The fourth-order valence-corrected chi connectivity index (χ4v) is 1.49. The number of nitrogens with zero attached hydrogens (tertiary/aromatic N) is 1. The van der Waals surface area contributed by atoms with Crippen molar-refractivity contribution in [3.8, 4) is 11.8 Å². The maximum absolute atomic E-state index is 11.3. The molecule has 0 spiro atoms. The highest BCUT2D eigenvalue weighted by Gasteiger charge is 2.10. The molecule has 0 aromatic heterocycles. The topological polar surface area (TPSA) is 88.1 Å². The molecule has 0 aliphatic heterocycles. The molecule has 1 atom stereocenters. The fourth-order valence-electron chi connectivity index (χ4n) is 1.49. The van der Waals surface area contributed by atoms with Crippen LogP contribution in [-0.2, 0) is 4.79 Å². The molecule has 0 aliphatic rings. The molecule has 0 radical (unpaired) electrons. The summed E-state index contributed by atoms with van der Waals surface area (Å²) in [6.07, 6.45) is 0. The molecule has 0 saturated carbocycles. The first kappa shape index (κ1) is 14.0. The Labute approximate surface area is 107 Å². The van der Waals surface area contributed by atoms with Gasteiger partial charge < -0.3 is 15.8 Å². The van der Waals surface area contributed by atoms with E-state index in [1.165, 1.54) is 0 Å². The number of nitrogens with two attached hydrogens (primary N) is 1. The number of amides is 1. The minimum Gasteiger partial charge on any atom is -0.483 e. The van der Waals surface area contributed by atoms with Crippen LogP contribution in [0.1, 0.15) is 24.1 Å². The van der Waals surface area contributed by atoms with Crippen molar-refractivity contribution in [2.45, 2.75) is 19.9 Å². The Morgan fingerprint density at radius 3 is 2.94 bits per heavy atom. The zero-order valence-electron chi connectivity index (χ0n) is 10.6. The van der Waals surface area contributed by atoms with Crippen LogP contribution >= 0.6 is 0 Å². The van der Waals surface area contributed by atoms with E-state index in [2.05, 4.69) is 5.32 Å². The lowest BCUT2D eigenvalue weighted by atomic mass is 10.1. The second-order valence-electron chi connectivity index (χ2n) is 4.05. The lowest BCUT2D eigenvalue weighted by molar-refractivity contribution is -0.122. The van der Waals surface area contributed by atoms with Crippen LogP contribution in [0, 0.1) is 18.3 Å². The van der Waals surface area contributed by atoms with Crippen LogP contribution in [0.2, 0.25) is 0 Å². The van der Waals surface area contributed by atoms with Gasteiger partial charge in [0.25, 0.3) is 5.91 Å². The third-order valence-electron chi connectivity index (χ3n) is 2.38. The van der Waals surface area contributed by atoms with E-state index >= 15 is 0 Å². The molecular formula is C13H17N3O2. The van der Waals surface area contributed by atoms with Gasteiger partial charge in [-0.15, -0.1) is 0 Å². The van der Waals surface area contributed by atoms with E-state index in [1.807, 2.05) is 32.0 Å². The van der Waals surface area contributed by atoms with Gasteiger partial charge in [0, 0.05) is 11.6 Å². The Hall–Kier alpha value is -2.06. The number of hydrogen-bond acceptors (Lipinski definition) is 4. The maximum Gasteiger partial charge on any atom is 0.258 e. The SMILES string of the molecule is Cc1ccc(OCC(=O)NCC#N)c([C@@H](C)N)c1. The Bertz CT molecular complexity index is 464. The number of ether oxygens (including phenoxy) is 1. The lowest BCUT2D eigenvalue weighted by Gasteiger charge is -2.14. The van der Waals surface area contributed by atoms with E-state index in [9.17, 15) is 4.79 Å². The molecule has 1 aromatic carbocycles. The van der Waals surface area contributed by atoms with Crippen molar-refractivity contribution in [1.82, 2.24) is 5.32 Å². The number of hydrogen-bond donors (Lipinski definition) is 2. The average molecular weight is 247 g/mol. The summed E-state index contributed by atoms with van der Waals surface area (Å²) in [4.78, 5) is 11.3. The van der Waals surface area contributed by atoms with Crippen molar-refractivity contribution in [3.63, 3.8) is 0 Å². The predicted octanol–water partition coefficient (Wildman–Crippen LogP) is 1.03. The fraction of sp³-hybridized carbons (Fsp3) is 0.385. The Morgan fingerprint density at radius 1 is 1.61 bits per heavy atom. The van der Waals surface area contributed by atoms with Crippen LogP contribution < -0.4 is 15.8 Å². The first-order valence-electron chi connectivity index (χ1n) is 5.67. The first-order chi connectivity index (χ1) is 8.54. The quantitative estimate of drug-likeness (QED) is 0.761. The monoisotopic (exact) mass is 247 g/mol. The normalized spacial score (nSPS) is 11.4. The largest absolute Gasteiger partial charge is 0.483 e. The molecule has 0 heterocycles. The van der Waals surface area contributed by atoms with Crippen molar-refractivity contribution in [3.05, 3.63) is 29.3 Å². The molecule has 5 heteroatoms. The molecular weight excluding hydrogens is 230 g/mol. The van der Waals surface area contributed by atoms with Crippen LogP contribution in [0.25, 0.3) is 0 Å². The van der Waals surface area contributed by atoms with Gasteiger partial charge in [0.15, 0.2) is 6.61 Å². The summed E-state index contributed by atoms with van der Waals surface area (Å²) in [5.41, 5.74) is 7.80. The summed E-state index contributed by atoms with van der Waals surface area (Å²) >= 11 is 0. The van der Waals surface area contributed by atoms with E-state index in [4.69, 9.17) is 15.7 Å². The van der Waals surface area contributed by atoms with E-state index in [0.29, 0.717) is 5.75 Å². The minimum absolute atomic E-state index is 0.0176. The highest BCUT2D eigenvalue weighted by atomic mass is 16.5. The van der Waals surface area contributed by atoms with Crippen LogP contribution in [-0.4, -0.2) is 19.1 Å². The summed E-state index contributed by atoms with van der Waals surface area (Å²) in [5, 5.41) is 10.7. The Kier molecular flexibility index (Phi) is 5.15. The second kappa shape index (κ2) is 6.62. The van der Waals surface area contributed by atoms with Gasteiger partial charge in [0.1, 0.15) is 12.3 Å². The molecule has 1 aromatic rings. The van der Waals surface area contributed by atoms with Gasteiger partial charge >= 0.3 is 0 Å². The summed E-state index contributed by atoms with van der Waals surface area (Å²) in [6.45, 7) is 3.69. The Balaban J connectivity index is 2.67. The molecule has 0 unspecified atom stereocenters. The van der Waals surface area contributed by atoms with E-state index < -0.39 is 0 Å². The van der Waals surface area contributed by atoms with Gasteiger partial charge in [-0.05, 0) is 19.9 Å². The molecule has 0 aliphatic carbocycles. The van der Waals surface area contributed by atoms with Gasteiger partial charge in [-0.2, -0.15) is 5.26 Å². The van der Waals surface area contributed by atoms with Gasteiger partial charge in [-0.25, -0.2) is 0 Å². The molecule has 18 heavy (non-hydrogen) atoms. The molecule has 5 nitrogen and oxygen atoms in total. The van der Waals surface area contributed by atoms with Gasteiger partial charge in [0.2, 0.25) is 0 Å². The standard InChI is InChI=1S/C13H17N3O2/c1-9-3-4-12(11(7-9)10(2)15)18-8-13(17)16-6-5-14/h3-4,7,10H,6,8,15H2,1-2H3,(H,16,17)/t10-/m1/s1. The van der Waals surface area contributed by atoms with Crippen molar-refractivity contribution in [1.29, 1.82) is 5.26 Å². The van der Waals surface area contributed by atoms with Crippen molar-refractivity contribution in [2.75, 3.05) is 13.2 Å². The highest BCUT2D eigenvalue weighted by Crippen LogP contribution is 2.24. The van der Waals surface area contributed by atoms with Crippen LogP contribution in [0.5, 0.6) is 5.75 Å². The van der Waals surface area contributed by atoms with E-state index in [1.54, 1.807) is 6.07 Å². The number of nitrogens with one attached hydrogen (secondary N) is 1. The number of rotatable bonds is 5. The van der Waals surface area contributed by atoms with Gasteiger partial charge in [0.05, 0.1) is 6.07 Å². The third kappa shape index (κ3) is 4.07. The molecule has 3 N–H and O–H groups in total. The zero-order chi connectivity index (χ0) is 13.5. The number of carbonyl (C=O) groups excluding carboxylic acids is 1. The third-order valence-corrected chi connectivity index (χ3v) is 2.38. The van der Waals surface area contributed by atoms with Gasteiger partial charge in [-0.3, -0.25) is 4.79 Å². The Morgan fingerprint density at radius 2 is 2.33 bits per heavy atom. The minimum atomic E-state index is -0.326. The van der Waals surface area contributed by atoms with Crippen LogP contribution in [0.4, 0.5) is 0 Å². The average Bonchev–Trinajstić information content (AvgIpc) is 2.34. The number of benzene rings is 1. The van der Waals surface area contributed by atoms with Crippen molar-refractivity contribution in [2.24, 2.45) is 5.73 Å². The molecule has 96 valence electrons. The molecule has 1 rings (SSSR count). The number of nitriles is 1. The van der Waals surface area contributed by atoms with Crippen molar-refractivity contribution < 1.29 is 9.53 Å². The number of carbonyl (C=O) groups is 1. The van der Waals surface area contributed by atoms with E-state index in [0.717, 1.165) is 11.1 Å². The predicted molar refractivity (Wildman–Crippen MR) is 67.9 cm³/mol. The lowest BCUT2D eigenvalue weighted by Crippen LogP contribution is -2.29. The maximum atomic E-state index is 11.3. The number of aryl methyl sites for hydroxylation is 1. The zero-order valence-corrected chi connectivity index (χ0v) is 10.6. The smallest absolute Gasteiger partial charge is 0.258 e. The molecule has 1 amide bonds. The summed E-state index contributed by atoms with van der Waals surface area (Å²) in [6, 6.07) is 7.29. The molecule has 0 bridgehead atoms. The summed E-state index contributed by atoms with van der Waals surface area (Å²) < 4.78 is 5.41. The second-order valence-corrected chi connectivity index (χ2v) is 4.05. The molecule has 0 saturated heterocycles. The summed E-state index contributed by atoms with van der Waals surface area (Å²) in [5.74, 6) is 0.274. The van der Waals surface area contributed by atoms with E-state index in [-0.39, 0.29) is 25.1 Å². The van der Waals surface area contributed by atoms with Crippen LogP contribution in [0.15, 0.2) is 18.2 Å². The first-order valence-corrected chi connectivity index (χ1v) is 5.67. The highest BCUT2D eigenvalue weighted by molar-refractivity contribution is 5.77.